The summed E-state index contributed by atoms with van der Waals surface area (Å²) in [4.78, 5) is 10.5. The molecule has 1 rings (SSSR count). The van der Waals surface area contributed by atoms with Gasteiger partial charge in [-0.05, 0) is 12.8 Å². The Bertz CT molecular complexity index is 130. The molecule has 11 heavy (non-hydrogen) atoms. The number of primary amides is 1. The number of amides is 1. The third kappa shape index (κ3) is 3.65. The smallest absolute Gasteiger partial charge is 0.277 e. The summed E-state index contributed by atoms with van der Waals surface area (Å²) in [5.74, 6) is 0. The van der Waals surface area contributed by atoms with E-state index in [-0.39, 0.29) is 5.24 Å². The molecule has 0 bridgehead atoms. The van der Waals surface area contributed by atoms with Gasteiger partial charge in [0.25, 0.3) is 5.24 Å². The minimum absolute atomic E-state index is 0.248. The molecule has 0 aromatic rings. The average Bonchev–Trinajstić information content (AvgIpc) is 2.14. The zero-order chi connectivity index (χ0) is 8.10. The van der Waals surface area contributed by atoms with Crippen molar-refractivity contribution < 1.29 is 4.79 Å². The fourth-order valence-electron chi connectivity index (χ4n) is 1.37. The third-order valence-electron chi connectivity index (χ3n) is 1.91. The molecule has 0 aromatic carbocycles. The van der Waals surface area contributed by atoms with Gasteiger partial charge in [0.05, 0.1) is 0 Å². The van der Waals surface area contributed by atoms with Crippen LogP contribution in [-0.4, -0.2) is 5.24 Å². The molecular weight excluding hydrogens is 158 g/mol. The maximum Gasteiger partial charge on any atom is 0.277 e. The summed E-state index contributed by atoms with van der Waals surface area (Å²) >= 11 is 1.24. The van der Waals surface area contributed by atoms with Gasteiger partial charge in [0.2, 0.25) is 0 Å². The van der Waals surface area contributed by atoms with E-state index in [1.54, 1.807) is 0 Å². The van der Waals surface area contributed by atoms with Gasteiger partial charge in [0, 0.05) is 5.25 Å². The van der Waals surface area contributed by atoms with Crippen molar-refractivity contribution in [3.63, 3.8) is 0 Å². The fraction of sp³-hybridized carbons (Fsp3) is 0.750. The van der Waals surface area contributed by atoms with E-state index < -0.39 is 0 Å². The van der Waals surface area contributed by atoms with E-state index in [0.29, 0.717) is 0 Å². The number of carbonyl (C=O) groups is 1. The van der Waals surface area contributed by atoms with Crippen LogP contribution in [0.15, 0.2) is 0 Å². The van der Waals surface area contributed by atoms with Crippen LogP contribution < -0.4 is 5.73 Å². The van der Waals surface area contributed by atoms with Crippen LogP contribution in [0.3, 0.4) is 0 Å². The van der Waals surface area contributed by atoms with Crippen molar-refractivity contribution in [2.45, 2.75) is 38.5 Å². The van der Waals surface area contributed by atoms with E-state index in [4.69, 9.17) is 5.73 Å². The van der Waals surface area contributed by atoms with Crippen molar-refractivity contribution >= 4 is 17.0 Å². The normalized spacial score (nSPS) is 21.1. The molecule has 2 N–H and O–H groups in total. The molecule has 0 unspecified atom stereocenters. The molecule has 1 aliphatic rings. The second kappa shape index (κ2) is 4.65. The highest BCUT2D eigenvalue weighted by Gasteiger charge is 2.15. The highest BCUT2D eigenvalue weighted by Crippen LogP contribution is 2.33. The van der Waals surface area contributed by atoms with Crippen molar-refractivity contribution in [1.82, 2.24) is 0 Å². The Kier molecular flexibility index (Phi) is 3.77. The van der Waals surface area contributed by atoms with Crippen molar-refractivity contribution in [1.29, 1.82) is 0 Å². The average molecular weight is 172 g/mol. The lowest BCUT2D eigenvalue weighted by Crippen LogP contribution is -2.05. The molecule has 1 saturated carbocycles. The first kappa shape index (κ1) is 8.91. The molecule has 1 aliphatic carbocycles. The Balaban J connectivity index is 2.25. The van der Waals surface area contributed by atoms with Crippen molar-refractivity contribution in [3.05, 3.63) is 5.25 Å². The molecule has 3 heteroatoms. The second-order valence-corrected chi connectivity index (χ2v) is 4.06. The van der Waals surface area contributed by atoms with E-state index >= 15 is 0 Å². The molecular formula is C8H14NOS. The predicted molar refractivity (Wildman–Crippen MR) is 48.1 cm³/mol. The topological polar surface area (TPSA) is 43.1 Å². The van der Waals surface area contributed by atoms with Gasteiger partial charge in [-0.1, -0.05) is 37.4 Å². The third-order valence-corrected chi connectivity index (χ3v) is 2.80. The monoisotopic (exact) mass is 172 g/mol. The minimum Gasteiger partial charge on any atom is -0.361 e. The van der Waals surface area contributed by atoms with E-state index in [0.717, 1.165) is 12.8 Å². The lowest BCUT2D eigenvalue weighted by Gasteiger charge is -2.08. The van der Waals surface area contributed by atoms with Gasteiger partial charge in [-0.15, -0.1) is 0 Å². The SMILES string of the molecule is NC(=O)S[C]1CCCCCC1. The maximum absolute atomic E-state index is 10.5. The fourth-order valence-corrected chi connectivity index (χ4v) is 2.14. The van der Waals surface area contributed by atoms with Crippen molar-refractivity contribution in [2.75, 3.05) is 0 Å². The van der Waals surface area contributed by atoms with Crippen LogP contribution in [0.2, 0.25) is 0 Å². The molecule has 2 nitrogen and oxygen atoms in total. The Morgan fingerprint density at radius 2 is 1.73 bits per heavy atom. The summed E-state index contributed by atoms with van der Waals surface area (Å²) in [6.45, 7) is 0. The number of thioether (sulfide) groups is 1. The Labute approximate surface area is 71.9 Å². The Morgan fingerprint density at radius 1 is 1.18 bits per heavy atom. The maximum atomic E-state index is 10.5. The summed E-state index contributed by atoms with van der Waals surface area (Å²) < 4.78 is 0. The molecule has 1 radical (unpaired) electrons. The van der Waals surface area contributed by atoms with Gasteiger partial charge in [-0.25, -0.2) is 0 Å². The zero-order valence-corrected chi connectivity index (χ0v) is 7.45. The Hall–Kier alpha value is -0.180. The van der Waals surface area contributed by atoms with Crippen LogP contribution in [-0.2, 0) is 0 Å². The highest BCUT2D eigenvalue weighted by molar-refractivity contribution is 8.15. The molecule has 0 saturated heterocycles. The predicted octanol–water partition coefficient (Wildman–Crippen LogP) is 2.68. The molecule has 0 atom stereocenters. The van der Waals surface area contributed by atoms with Crippen molar-refractivity contribution in [2.24, 2.45) is 5.73 Å². The molecule has 0 aliphatic heterocycles. The highest BCUT2D eigenvalue weighted by atomic mass is 32.2. The quantitative estimate of drug-likeness (QED) is 0.618. The summed E-state index contributed by atoms with van der Waals surface area (Å²) in [5.41, 5.74) is 5.08. The van der Waals surface area contributed by atoms with Gasteiger partial charge < -0.3 is 5.73 Å². The lowest BCUT2D eigenvalue weighted by atomic mass is 10.2. The summed E-state index contributed by atoms with van der Waals surface area (Å²) in [6.07, 6.45) is 7.26. The largest absolute Gasteiger partial charge is 0.361 e. The van der Waals surface area contributed by atoms with E-state index in [2.05, 4.69) is 0 Å². The summed E-state index contributed by atoms with van der Waals surface area (Å²) in [7, 11) is 0. The van der Waals surface area contributed by atoms with Gasteiger partial charge in [-0.3, -0.25) is 4.79 Å². The van der Waals surface area contributed by atoms with E-state index in [1.165, 1.54) is 42.7 Å². The first-order valence-electron chi connectivity index (χ1n) is 4.11. The van der Waals surface area contributed by atoms with Gasteiger partial charge in [0.15, 0.2) is 0 Å². The summed E-state index contributed by atoms with van der Waals surface area (Å²) in [6, 6.07) is 0. The molecule has 0 heterocycles. The number of nitrogens with two attached hydrogens (primary N) is 1. The van der Waals surface area contributed by atoms with E-state index in [9.17, 15) is 4.79 Å². The molecule has 0 aromatic heterocycles. The van der Waals surface area contributed by atoms with Crippen LogP contribution in [0.25, 0.3) is 0 Å². The first-order valence-corrected chi connectivity index (χ1v) is 4.92. The number of hydrogen-bond donors (Lipinski definition) is 1. The van der Waals surface area contributed by atoms with Crippen LogP contribution >= 0.6 is 11.8 Å². The Morgan fingerprint density at radius 3 is 2.18 bits per heavy atom. The zero-order valence-electron chi connectivity index (χ0n) is 6.64. The number of rotatable bonds is 1. The number of hydrogen-bond acceptors (Lipinski definition) is 2. The standard InChI is InChI=1S/C8H14NOS/c9-8(10)11-7-5-3-1-2-4-6-7/h1-6H2,(H2,9,10). The van der Waals surface area contributed by atoms with Gasteiger partial charge in [-0.2, -0.15) is 0 Å². The van der Waals surface area contributed by atoms with Crippen LogP contribution in [0.4, 0.5) is 4.79 Å². The molecule has 0 spiro atoms. The molecule has 63 valence electrons. The van der Waals surface area contributed by atoms with E-state index in [1.807, 2.05) is 0 Å². The summed E-state index contributed by atoms with van der Waals surface area (Å²) in [5, 5.41) is 1.04. The van der Waals surface area contributed by atoms with Gasteiger partial charge in [0.1, 0.15) is 0 Å². The van der Waals surface area contributed by atoms with Crippen molar-refractivity contribution in [3.8, 4) is 0 Å². The van der Waals surface area contributed by atoms with Crippen LogP contribution in [0.1, 0.15) is 38.5 Å². The van der Waals surface area contributed by atoms with Gasteiger partial charge >= 0.3 is 0 Å². The minimum atomic E-state index is -0.248. The van der Waals surface area contributed by atoms with Crippen LogP contribution in [0.5, 0.6) is 0 Å². The lowest BCUT2D eigenvalue weighted by molar-refractivity contribution is 0.267. The second-order valence-electron chi connectivity index (χ2n) is 2.87. The van der Waals surface area contributed by atoms with Crippen LogP contribution in [0, 0.1) is 5.25 Å². The number of carbonyl (C=O) groups excluding carboxylic acids is 1. The molecule has 1 amide bonds. The first-order chi connectivity index (χ1) is 5.29. The molecule has 1 fully saturated rings.